The van der Waals surface area contributed by atoms with Crippen LogP contribution in [0.2, 0.25) is 5.02 Å². The molecule has 0 aliphatic carbocycles. The molecule has 3 atom stereocenters. The van der Waals surface area contributed by atoms with Crippen molar-refractivity contribution in [2.45, 2.75) is 31.8 Å². The van der Waals surface area contributed by atoms with Gasteiger partial charge in [-0.3, -0.25) is 4.90 Å². The first-order chi connectivity index (χ1) is 16.7. The number of piperidine rings is 1. The fourth-order valence-corrected chi connectivity index (χ4v) is 5.66. The van der Waals surface area contributed by atoms with Gasteiger partial charge >= 0.3 is 0 Å². The van der Waals surface area contributed by atoms with E-state index in [1.54, 1.807) is 0 Å². The van der Waals surface area contributed by atoms with Gasteiger partial charge in [-0.1, -0.05) is 103 Å². The Morgan fingerprint density at radius 2 is 1.62 bits per heavy atom. The van der Waals surface area contributed by atoms with Crippen molar-refractivity contribution >= 4 is 22.4 Å². The van der Waals surface area contributed by atoms with E-state index < -0.39 is 0 Å². The lowest BCUT2D eigenvalue weighted by Gasteiger charge is -2.39. The van der Waals surface area contributed by atoms with Crippen LogP contribution in [0.15, 0.2) is 97.1 Å². The summed E-state index contributed by atoms with van der Waals surface area (Å²) < 4.78 is 0. The van der Waals surface area contributed by atoms with Crippen LogP contribution in [0.4, 0.5) is 0 Å². The molecule has 1 saturated heterocycles. The van der Waals surface area contributed by atoms with Crippen LogP contribution >= 0.6 is 11.6 Å². The third kappa shape index (κ3) is 5.20. The van der Waals surface area contributed by atoms with Gasteiger partial charge < -0.3 is 5.32 Å². The van der Waals surface area contributed by atoms with Gasteiger partial charge in [0, 0.05) is 30.1 Å². The first kappa shape index (κ1) is 23.1. The highest BCUT2D eigenvalue weighted by atomic mass is 35.5. The summed E-state index contributed by atoms with van der Waals surface area (Å²) in [4.78, 5) is 2.57. The number of rotatable bonds is 7. The van der Waals surface area contributed by atoms with Crippen LogP contribution in [-0.4, -0.2) is 24.5 Å². The quantitative estimate of drug-likeness (QED) is 0.303. The standard InChI is InChI=1S/C31H33ClN2/c1-23(28-16-9-14-24-12-5-7-15-29(24)28)33-20-26-18-19-34(21-27-13-6-8-17-31(27)32)22-30(26)25-10-3-2-4-11-25/h2-17,23,26,30,33H,18-22H2,1H3/t23-,26?,30?/m1/s1. The summed E-state index contributed by atoms with van der Waals surface area (Å²) in [6.07, 6.45) is 1.18. The van der Waals surface area contributed by atoms with Gasteiger partial charge in [0.2, 0.25) is 0 Å². The molecule has 1 aliphatic rings. The number of benzene rings is 4. The Morgan fingerprint density at radius 3 is 2.47 bits per heavy atom. The zero-order valence-corrected chi connectivity index (χ0v) is 20.6. The van der Waals surface area contributed by atoms with Crippen LogP contribution in [0, 0.1) is 5.92 Å². The molecule has 0 saturated carbocycles. The Hall–Kier alpha value is -2.65. The molecule has 1 fully saturated rings. The molecule has 2 unspecified atom stereocenters. The van der Waals surface area contributed by atoms with Gasteiger partial charge in [-0.15, -0.1) is 0 Å². The molecule has 0 radical (unpaired) electrons. The molecule has 4 aromatic carbocycles. The second-order valence-electron chi connectivity index (χ2n) is 9.59. The summed E-state index contributed by atoms with van der Waals surface area (Å²) >= 11 is 6.47. The maximum atomic E-state index is 6.47. The first-order valence-electron chi connectivity index (χ1n) is 12.4. The molecular formula is C31H33ClN2. The number of fused-ring (bicyclic) bond motifs is 1. The van der Waals surface area contributed by atoms with Crippen molar-refractivity contribution in [3.05, 3.63) is 119 Å². The largest absolute Gasteiger partial charge is 0.310 e. The topological polar surface area (TPSA) is 15.3 Å². The fraction of sp³-hybridized carbons (Fsp3) is 0.290. The number of nitrogens with one attached hydrogen (secondary N) is 1. The molecule has 1 N–H and O–H groups in total. The van der Waals surface area contributed by atoms with E-state index in [9.17, 15) is 0 Å². The van der Waals surface area contributed by atoms with Crippen molar-refractivity contribution in [2.75, 3.05) is 19.6 Å². The van der Waals surface area contributed by atoms with E-state index in [2.05, 4.69) is 102 Å². The van der Waals surface area contributed by atoms with Gasteiger partial charge in [0.25, 0.3) is 0 Å². The number of hydrogen-bond acceptors (Lipinski definition) is 2. The summed E-state index contributed by atoms with van der Waals surface area (Å²) in [7, 11) is 0. The second kappa shape index (κ2) is 10.7. The molecular weight excluding hydrogens is 436 g/mol. The molecule has 0 amide bonds. The summed E-state index contributed by atoms with van der Waals surface area (Å²) in [6, 6.07) is 34.9. The molecule has 34 heavy (non-hydrogen) atoms. The highest BCUT2D eigenvalue weighted by Gasteiger charge is 2.30. The van der Waals surface area contributed by atoms with Crippen molar-refractivity contribution in [1.82, 2.24) is 10.2 Å². The third-order valence-electron chi connectivity index (χ3n) is 7.40. The van der Waals surface area contributed by atoms with E-state index in [0.717, 1.165) is 31.2 Å². The lowest BCUT2D eigenvalue weighted by Crippen LogP contribution is -2.42. The van der Waals surface area contributed by atoms with Gasteiger partial charge in [-0.2, -0.15) is 0 Å². The van der Waals surface area contributed by atoms with E-state index in [1.807, 2.05) is 12.1 Å². The van der Waals surface area contributed by atoms with Crippen LogP contribution < -0.4 is 5.32 Å². The average molecular weight is 469 g/mol. The van der Waals surface area contributed by atoms with Crippen LogP contribution in [0.3, 0.4) is 0 Å². The molecule has 0 spiro atoms. The zero-order chi connectivity index (χ0) is 23.3. The second-order valence-corrected chi connectivity index (χ2v) is 10.00. The smallest absolute Gasteiger partial charge is 0.0451 e. The number of likely N-dealkylation sites (tertiary alicyclic amines) is 1. The lowest BCUT2D eigenvalue weighted by molar-refractivity contribution is 0.148. The minimum atomic E-state index is 0.309. The zero-order valence-electron chi connectivity index (χ0n) is 19.8. The van der Waals surface area contributed by atoms with Crippen LogP contribution in [0.5, 0.6) is 0 Å². The van der Waals surface area contributed by atoms with Gasteiger partial charge in [0.1, 0.15) is 0 Å². The molecule has 1 aliphatic heterocycles. The van der Waals surface area contributed by atoms with E-state index in [-0.39, 0.29) is 0 Å². The Bertz CT molecular complexity index is 1220. The summed E-state index contributed by atoms with van der Waals surface area (Å²) in [5.41, 5.74) is 4.04. The first-order valence-corrected chi connectivity index (χ1v) is 12.8. The maximum Gasteiger partial charge on any atom is 0.0451 e. The van der Waals surface area contributed by atoms with Gasteiger partial charge in [0.05, 0.1) is 0 Å². The molecule has 0 bridgehead atoms. The van der Waals surface area contributed by atoms with Gasteiger partial charge in [-0.25, -0.2) is 0 Å². The summed E-state index contributed by atoms with van der Waals surface area (Å²) in [5.74, 6) is 1.10. The number of hydrogen-bond donors (Lipinski definition) is 1. The van der Waals surface area contributed by atoms with Crippen molar-refractivity contribution in [2.24, 2.45) is 5.92 Å². The predicted octanol–water partition coefficient (Wildman–Crippen LogP) is 7.45. The minimum absolute atomic E-state index is 0.309. The Balaban J connectivity index is 1.31. The van der Waals surface area contributed by atoms with E-state index in [1.165, 1.54) is 33.9 Å². The molecule has 1 heterocycles. The highest BCUT2D eigenvalue weighted by Crippen LogP contribution is 2.34. The number of halogens is 1. The molecule has 3 heteroatoms. The maximum absolute atomic E-state index is 6.47. The van der Waals surface area contributed by atoms with Crippen molar-refractivity contribution in [1.29, 1.82) is 0 Å². The van der Waals surface area contributed by atoms with Crippen molar-refractivity contribution in [3.8, 4) is 0 Å². The third-order valence-corrected chi connectivity index (χ3v) is 7.76. The highest BCUT2D eigenvalue weighted by molar-refractivity contribution is 6.31. The fourth-order valence-electron chi connectivity index (χ4n) is 5.47. The summed E-state index contributed by atoms with van der Waals surface area (Å²) in [6.45, 7) is 6.39. The molecule has 5 rings (SSSR count). The van der Waals surface area contributed by atoms with Crippen molar-refractivity contribution in [3.63, 3.8) is 0 Å². The summed E-state index contributed by atoms with van der Waals surface area (Å²) in [5, 5.41) is 7.42. The Labute approximate surface area is 208 Å². The van der Waals surface area contributed by atoms with Gasteiger partial charge in [-0.05, 0) is 65.9 Å². The van der Waals surface area contributed by atoms with Crippen LogP contribution in [-0.2, 0) is 6.54 Å². The van der Waals surface area contributed by atoms with E-state index in [0.29, 0.717) is 17.9 Å². The average Bonchev–Trinajstić information content (AvgIpc) is 2.89. The lowest BCUT2D eigenvalue weighted by atomic mass is 9.80. The van der Waals surface area contributed by atoms with E-state index in [4.69, 9.17) is 11.6 Å². The molecule has 0 aromatic heterocycles. The molecule has 174 valence electrons. The number of nitrogens with zero attached hydrogens (tertiary/aromatic N) is 1. The van der Waals surface area contributed by atoms with Crippen LogP contribution in [0.25, 0.3) is 10.8 Å². The minimum Gasteiger partial charge on any atom is -0.310 e. The molecule has 4 aromatic rings. The van der Waals surface area contributed by atoms with Crippen LogP contribution in [0.1, 0.15) is 42.0 Å². The predicted molar refractivity (Wildman–Crippen MR) is 144 cm³/mol. The Morgan fingerprint density at radius 1 is 0.882 bits per heavy atom. The Kier molecular flexibility index (Phi) is 7.30. The SMILES string of the molecule is C[C@@H](NCC1CCN(Cc2ccccc2Cl)CC1c1ccccc1)c1cccc2ccccc12. The van der Waals surface area contributed by atoms with Gasteiger partial charge in [0.15, 0.2) is 0 Å². The van der Waals surface area contributed by atoms with Crippen molar-refractivity contribution < 1.29 is 0 Å². The van der Waals surface area contributed by atoms with E-state index >= 15 is 0 Å². The monoisotopic (exact) mass is 468 g/mol. The molecule has 2 nitrogen and oxygen atoms in total. The normalized spacial score (nSPS) is 19.8.